The van der Waals surface area contributed by atoms with E-state index in [0.717, 1.165) is 11.0 Å². The lowest BCUT2D eigenvalue weighted by atomic mass is 10.1. The number of piperazine rings is 1. The summed E-state index contributed by atoms with van der Waals surface area (Å²) in [6.45, 7) is 5.90. The first-order chi connectivity index (χ1) is 14.5. The zero-order valence-electron chi connectivity index (χ0n) is 17.0. The number of nitrogens with zero attached hydrogens (tertiary/aromatic N) is 4. The van der Waals surface area contributed by atoms with Crippen LogP contribution < -0.4 is 15.8 Å². The highest BCUT2D eigenvalue weighted by molar-refractivity contribution is 7.09. The molecule has 0 aliphatic carbocycles. The molecular formula is C21H24N6O2S. The third kappa shape index (κ3) is 4.51. The quantitative estimate of drug-likeness (QED) is 0.672. The van der Waals surface area contributed by atoms with Crippen molar-refractivity contribution in [1.29, 1.82) is 0 Å². The van der Waals surface area contributed by atoms with Crippen molar-refractivity contribution in [3.8, 4) is 0 Å². The van der Waals surface area contributed by atoms with Crippen LogP contribution in [0.3, 0.4) is 0 Å². The molecule has 2 amide bonds. The second-order valence-electron chi connectivity index (χ2n) is 7.49. The lowest BCUT2D eigenvalue weighted by molar-refractivity contribution is 0.200. The van der Waals surface area contributed by atoms with Gasteiger partial charge in [0.1, 0.15) is 11.5 Å². The maximum atomic E-state index is 12.6. The molecule has 0 saturated carbocycles. The second-order valence-corrected chi connectivity index (χ2v) is 8.22. The fourth-order valence-electron chi connectivity index (χ4n) is 3.46. The number of carbonyl (C=O) groups excluding carboxylic acids is 1. The molecule has 1 aliphatic heterocycles. The number of benzene rings is 1. The first-order valence-corrected chi connectivity index (χ1v) is 10.7. The maximum Gasteiger partial charge on any atom is 0.322 e. The summed E-state index contributed by atoms with van der Waals surface area (Å²) in [6, 6.07) is 11.5. The number of amides is 2. The molecule has 9 heteroatoms. The zero-order valence-corrected chi connectivity index (χ0v) is 17.8. The van der Waals surface area contributed by atoms with Crippen molar-refractivity contribution in [1.82, 2.24) is 19.2 Å². The van der Waals surface area contributed by atoms with Crippen LogP contribution in [-0.4, -0.2) is 50.9 Å². The second kappa shape index (κ2) is 8.66. The number of H-pyrrole nitrogens is 1. The third-order valence-electron chi connectivity index (χ3n) is 5.16. The topological polar surface area (TPSA) is 94.2 Å². The van der Waals surface area contributed by atoms with Gasteiger partial charge < -0.3 is 20.1 Å². The normalized spacial score (nSPS) is 16.5. The van der Waals surface area contributed by atoms with Gasteiger partial charge in [-0.05, 0) is 31.5 Å². The Balaban J connectivity index is 1.37. The van der Waals surface area contributed by atoms with Gasteiger partial charge in [-0.3, -0.25) is 4.79 Å². The highest BCUT2D eigenvalue weighted by Gasteiger charge is 2.29. The molecule has 1 fully saturated rings. The summed E-state index contributed by atoms with van der Waals surface area (Å²) in [4.78, 5) is 35.5. The summed E-state index contributed by atoms with van der Waals surface area (Å²) in [7, 11) is 0. The van der Waals surface area contributed by atoms with E-state index >= 15 is 0 Å². The zero-order chi connectivity index (χ0) is 21.1. The van der Waals surface area contributed by atoms with Crippen molar-refractivity contribution < 1.29 is 4.79 Å². The number of carbonyl (C=O) groups is 1. The van der Waals surface area contributed by atoms with E-state index in [0.29, 0.717) is 26.1 Å². The van der Waals surface area contributed by atoms with Crippen molar-refractivity contribution in [3.05, 3.63) is 69.9 Å². The highest BCUT2D eigenvalue weighted by atomic mass is 32.1. The molecule has 3 heterocycles. The van der Waals surface area contributed by atoms with Crippen LogP contribution in [0.15, 0.2) is 47.4 Å². The van der Waals surface area contributed by atoms with E-state index in [1.165, 1.54) is 28.9 Å². The molecule has 1 aromatic carbocycles. The van der Waals surface area contributed by atoms with E-state index in [2.05, 4.69) is 57.7 Å². The van der Waals surface area contributed by atoms with E-state index in [9.17, 15) is 9.59 Å². The fraction of sp³-hybridized carbons (Fsp3) is 0.333. The highest BCUT2D eigenvalue weighted by Crippen LogP contribution is 2.24. The summed E-state index contributed by atoms with van der Waals surface area (Å²) < 4.78 is 4.52. The van der Waals surface area contributed by atoms with E-state index in [1.807, 2.05) is 0 Å². The minimum Gasteiger partial charge on any atom is -0.341 e. The van der Waals surface area contributed by atoms with Crippen molar-refractivity contribution in [2.24, 2.45) is 0 Å². The number of hydrogen-bond acceptors (Lipinski definition) is 6. The third-order valence-corrected chi connectivity index (χ3v) is 5.95. The number of aromatic nitrogens is 3. The lowest BCUT2D eigenvalue weighted by Crippen LogP contribution is -2.55. The van der Waals surface area contributed by atoms with Gasteiger partial charge in [0.05, 0.1) is 0 Å². The first kappa shape index (κ1) is 20.1. The molecule has 30 heavy (non-hydrogen) atoms. The van der Waals surface area contributed by atoms with Gasteiger partial charge in [0, 0.05) is 49.8 Å². The smallest absolute Gasteiger partial charge is 0.322 e. The standard InChI is InChI=1S/C21H24N6O2S/c1-14-5-7-16(8-6-14)12-18-24-21(30-25-18)27-11-10-26(13-15(27)2)20(29)23-17-4-3-9-22-19(17)28/h3-9,15H,10-13H2,1-2H3,(H,22,28)(H,23,29). The Morgan fingerprint density at radius 2 is 2.07 bits per heavy atom. The minimum atomic E-state index is -0.312. The molecule has 3 aromatic rings. The van der Waals surface area contributed by atoms with Crippen molar-refractivity contribution in [3.63, 3.8) is 0 Å². The molecular weight excluding hydrogens is 400 g/mol. The summed E-state index contributed by atoms with van der Waals surface area (Å²) in [5.74, 6) is 0.814. The molecule has 156 valence electrons. The molecule has 8 nitrogen and oxygen atoms in total. The van der Waals surface area contributed by atoms with Crippen LogP contribution in [-0.2, 0) is 6.42 Å². The molecule has 0 bridgehead atoms. The van der Waals surface area contributed by atoms with Crippen LogP contribution in [0.25, 0.3) is 0 Å². The number of pyridine rings is 1. The van der Waals surface area contributed by atoms with Crippen LogP contribution in [0.5, 0.6) is 0 Å². The Morgan fingerprint density at radius 1 is 1.27 bits per heavy atom. The molecule has 2 aromatic heterocycles. The van der Waals surface area contributed by atoms with Crippen molar-refractivity contribution in [2.75, 3.05) is 29.9 Å². The van der Waals surface area contributed by atoms with Crippen molar-refractivity contribution in [2.45, 2.75) is 26.3 Å². The first-order valence-electron chi connectivity index (χ1n) is 9.88. The molecule has 1 unspecified atom stereocenters. The Hall–Kier alpha value is -3.20. The van der Waals surface area contributed by atoms with Crippen LogP contribution in [0.2, 0.25) is 0 Å². The Kier molecular flexibility index (Phi) is 5.80. The molecule has 1 aliphatic rings. The predicted molar refractivity (Wildman–Crippen MR) is 118 cm³/mol. The van der Waals surface area contributed by atoms with Gasteiger partial charge in [-0.25, -0.2) is 9.78 Å². The minimum absolute atomic E-state index is 0.0960. The van der Waals surface area contributed by atoms with Gasteiger partial charge in [0.2, 0.25) is 5.13 Å². The molecule has 0 spiro atoms. The van der Waals surface area contributed by atoms with Crippen LogP contribution in [0.4, 0.5) is 15.6 Å². The number of aryl methyl sites for hydroxylation is 1. The van der Waals surface area contributed by atoms with Gasteiger partial charge >= 0.3 is 6.03 Å². The lowest BCUT2D eigenvalue weighted by Gasteiger charge is -2.39. The number of nitrogens with one attached hydrogen (secondary N) is 2. The molecule has 2 N–H and O–H groups in total. The SMILES string of the molecule is Cc1ccc(Cc2nsc(N3CCN(C(=O)Nc4ccc[nH]c4=O)CC3C)n2)cc1. The Morgan fingerprint density at radius 3 is 2.80 bits per heavy atom. The van der Waals surface area contributed by atoms with E-state index in [4.69, 9.17) is 4.98 Å². The summed E-state index contributed by atoms with van der Waals surface area (Å²) in [5, 5.41) is 3.57. The maximum absolute atomic E-state index is 12.6. The van der Waals surface area contributed by atoms with Crippen LogP contribution in [0.1, 0.15) is 23.9 Å². The summed E-state index contributed by atoms with van der Waals surface area (Å²) >= 11 is 1.40. The van der Waals surface area contributed by atoms with E-state index in [1.54, 1.807) is 17.0 Å². The van der Waals surface area contributed by atoms with Gasteiger partial charge in [0.15, 0.2) is 0 Å². The Labute approximate surface area is 178 Å². The number of urea groups is 1. The summed E-state index contributed by atoms with van der Waals surface area (Å²) in [5.41, 5.74) is 2.36. The number of aromatic amines is 1. The van der Waals surface area contributed by atoms with E-state index in [-0.39, 0.29) is 23.3 Å². The van der Waals surface area contributed by atoms with Gasteiger partial charge in [-0.15, -0.1) is 0 Å². The average molecular weight is 425 g/mol. The molecule has 0 radical (unpaired) electrons. The predicted octanol–water partition coefficient (Wildman–Crippen LogP) is 2.87. The molecule has 4 rings (SSSR count). The number of rotatable bonds is 4. The van der Waals surface area contributed by atoms with Crippen LogP contribution in [0, 0.1) is 6.92 Å². The summed E-state index contributed by atoms with van der Waals surface area (Å²) in [6.07, 6.45) is 2.24. The Bertz CT molecular complexity index is 1080. The fourth-order valence-corrected chi connectivity index (χ4v) is 4.28. The van der Waals surface area contributed by atoms with Gasteiger partial charge in [-0.1, -0.05) is 29.8 Å². The van der Waals surface area contributed by atoms with Gasteiger partial charge in [0.25, 0.3) is 5.56 Å². The monoisotopic (exact) mass is 424 g/mol. The van der Waals surface area contributed by atoms with Gasteiger partial charge in [-0.2, -0.15) is 4.37 Å². The largest absolute Gasteiger partial charge is 0.341 e. The van der Waals surface area contributed by atoms with E-state index < -0.39 is 0 Å². The van der Waals surface area contributed by atoms with Crippen LogP contribution >= 0.6 is 11.5 Å². The van der Waals surface area contributed by atoms with Crippen molar-refractivity contribution >= 4 is 28.4 Å². The average Bonchev–Trinajstić information content (AvgIpc) is 3.19. The number of hydrogen-bond donors (Lipinski definition) is 2. The molecule has 1 atom stereocenters. The number of anilines is 2. The molecule has 1 saturated heterocycles.